The largest absolute Gasteiger partial charge is 0.496 e. The number of ether oxygens (including phenoxy) is 1. The minimum absolute atomic E-state index is 0.000181. The van der Waals surface area contributed by atoms with Crippen molar-refractivity contribution in [2.75, 3.05) is 7.11 Å². The second-order valence-electron chi connectivity index (χ2n) is 6.57. The van der Waals surface area contributed by atoms with Gasteiger partial charge in [0.15, 0.2) is 0 Å². The first-order valence-electron chi connectivity index (χ1n) is 8.50. The Balaban J connectivity index is 1.91. The summed E-state index contributed by atoms with van der Waals surface area (Å²) in [5, 5.41) is 10.1. The van der Waals surface area contributed by atoms with Crippen molar-refractivity contribution < 1.29 is 4.74 Å². The Morgan fingerprint density at radius 1 is 1.32 bits per heavy atom. The van der Waals surface area contributed by atoms with E-state index in [4.69, 9.17) is 4.74 Å². The van der Waals surface area contributed by atoms with Gasteiger partial charge in [0, 0.05) is 35.5 Å². The van der Waals surface area contributed by atoms with E-state index < -0.39 is 0 Å². The Morgan fingerprint density at radius 2 is 2.16 bits per heavy atom. The number of rotatable bonds is 5. The number of methoxy groups -OCH3 is 1. The van der Waals surface area contributed by atoms with Crippen LogP contribution in [0.15, 0.2) is 41.5 Å². The number of aryl methyl sites for hydroxylation is 1. The Kier molecular flexibility index (Phi) is 3.81. The van der Waals surface area contributed by atoms with Crippen LogP contribution in [0.2, 0.25) is 0 Å². The van der Waals surface area contributed by atoms with Crippen LogP contribution in [0.1, 0.15) is 24.8 Å². The van der Waals surface area contributed by atoms with Crippen molar-refractivity contribution in [3.05, 3.63) is 52.6 Å². The minimum atomic E-state index is -0.000181. The van der Waals surface area contributed by atoms with Crippen LogP contribution in [-0.4, -0.2) is 16.7 Å². The van der Waals surface area contributed by atoms with E-state index in [1.54, 1.807) is 30.0 Å². The SMILES string of the molecule is COc1ccc(C#N)cc1-c1cn(CCC2CC2)c(=O)c2[nH]ccc12. The summed E-state index contributed by atoms with van der Waals surface area (Å²) in [5.41, 5.74) is 2.89. The van der Waals surface area contributed by atoms with Crippen LogP contribution in [0, 0.1) is 17.2 Å². The van der Waals surface area contributed by atoms with Crippen molar-refractivity contribution >= 4 is 10.9 Å². The van der Waals surface area contributed by atoms with Crippen molar-refractivity contribution in [3.8, 4) is 22.9 Å². The number of nitrogens with one attached hydrogen (secondary N) is 1. The van der Waals surface area contributed by atoms with Gasteiger partial charge in [-0.25, -0.2) is 0 Å². The predicted molar refractivity (Wildman–Crippen MR) is 96.6 cm³/mol. The average molecular weight is 333 g/mol. The molecular weight excluding hydrogens is 314 g/mol. The average Bonchev–Trinajstić information content (AvgIpc) is 3.34. The van der Waals surface area contributed by atoms with Gasteiger partial charge in [0.1, 0.15) is 11.3 Å². The molecule has 2 heterocycles. The molecule has 0 atom stereocenters. The molecule has 5 nitrogen and oxygen atoms in total. The van der Waals surface area contributed by atoms with Gasteiger partial charge in [-0.15, -0.1) is 0 Å². The summed E-state index contributed by atoms with van der Waals surface area (Å²) < 4.78 is 7.28. The summed E-state index contributed by atoms with van der Waals surface area (Å²) in [6.07, 6.45) is 7.25. The molecule has 1 N–H and O–H groups in total. The maximum absolute atomic E-state index is 12.7. The molecule has 0 aliphatic heterocycles. The van der Waals surface area contributed by atoms with Crippen LogP contribution in [0.5, 0.6) is 5.75 Å². The third-order valence-electron chi connectivity index (χ3n) is 4.89. The Morgan fingerprint density at radius 3 is 2.88 bits per heavy atom. The number of nitriles is 1. The molecule has 5 heteroatoms. The van der Waals surface area contributed by atoms with Gasteiger partial charge in [-0.2, -0.15) is 5.26 Å². The fourth-order valence-electron chi connectivity index (χ4n) is 3.30. The van der Waals surface area contributed by atoms with Gasteiger partial charge >= 0.3 is 0 Å². The predicted octanol–water partition coefficient (Wildman–Crippen LogP) is 3.68. The number of aromatic amines is 1. The number of nitrogens with zero attached hydrogens (tertiary/aromatic N) is 2. The molecular formula is C20H19N3O2. The zero-order chi connectivity index (χ0) is 17.4. The lowest BCUT2D eigenvalue weighted by Gasteiger charge is -2.13. The van der Waals surface area contributed by atoms with Crippen LogP contribution in [0.4, 0.5) is 0 Å². The van der Waals surface area contributed by atoms with E-state index in [0.29, 0.717) is 23.4 Å². The normalized spacial score (nSPS) is 13.8. The van der Waals surface area contributed by atoms with Crippen LogP contribution < -0.4 is 10.3 Å². The monoisotopic (exact) mass is 333 g/mol. The summed E-state index contributed by atoms with van der Waals surface area (Å²) in [7, 11) is 1.61. The Hall–Kier alpha value is -3.00. The van der Waals surface area contributed by atoms with E-state index in [0.717, 1.165) is 28.9 Å². The summed E-state index contributed by atoms with van der Waals surface area (Å²) in [5.74, 6) is 1.44. The molecule has 0 spiro atoms. The summed E-state index contributed by atoms with van der Waals surface area (Å²) in [6.45, 7) is 0.714. The molecule has 126 valence electrons. The molecule has 1 fully saturated rings. The van der Waals surface area contributed by atoms with Crippen molar-refractivity contribution in [2.24, 2.45) is 5.92 Å². The van der Waals surface area contributed by atoms with Gasteiger partial charge < -0.3 is 14.3 Å². The van der Waals surface area contributed by atoms with Gasteiger partial charge in [0.2, 0.25) is 0 Å². The number of hydrogen-bond donors (Lipinski definition) is 1. The number of fused-ring (bicyclic) bond motifs is 1. The van der Waals surface area contributed by atoms with Crippen LogP contribution in [0.25, 0.3) is 22.0 Å². The second kappa shape index (κ2) is 6.14. The molecule has 25 heavy (non-hydrogen) atoms. The van der Waals surface area contributed by atoms with E-state index in [1.165, 1.54) is 12.8 Å². The maximum atomic E-state index is 12.7. The minimum Gasteiger partial charge on any atom is -0.496 e. The van der Waals surface area contributed by atoms with Gasteiger partial charge in [-0.05, 0) is 36.6 Å². The number of pyridine rings is 1. The molecule has 0 radical (unpaired) electrons. The van der Waals surface area contributed by atoms with Gasteiger partial charge in [-0.1, -0.05) is 12.8 Å². The Labute approximate surface area is 145 Å². The first kappa shape index (κ1) is 15.5. The third kappa shape index (κ3) is 2.80. The van der Waals surface area contributed by atoms with Gasteiger partial charge in [0.05, 0.1) is 18.7 Å². The van der Waals surface area contributed by atoms with E-state index in [9.17, 15) is 10.1 Å². The highest BCUT2D eigenvalue weighted by Gasteiger charge is 2.22. The summed E-state index contributed by atoms with van der Waals surface area (Å²) in [4.78, 5) is 15.8. The third-order valence-corrected chi connectivity index (χ3v) is 4.89. The van der Waals surface area contributed by atoms with Crippen LogP contribution in [-0.2, 0) is 6.54 Å². The lowest BCUT2D eigenvalue weighted by molar-refractivity contribution is 0.416. The number of H-pyrrole nitrogens is 1. The fourth-order valence-corrected chi connectivity index (χ4v) is 3.30. The summed E-state index contributed by atoms with van der Waals surface area (Å²) in [6, 6.07) is 9.42. The zero-order valence-corrected chi connectivity index (χ0v) is 14.1. The number of aromatic nitrogens is 2. The first-order chi connectivity index (χ1) is 12.2. The molecule has 1 aliphatic rings. The van der Waals surface area contributed by atoms with E-state index in [2.05, 4.69) is 11.1 Å². The molecule has 0 bridgehead atoms. The Bertz CT molecular complexity index is 1040. The lowest BCUT2D eigenvalue weighted by Crippen LogP contribution is -2.20. The second-order valence-corrected chi connectivity index (χ2v) is 6.57. The molecule has 1 saturated carbocycles. The highest BCUT2D eigenvalue weighted by Crippen LogP contribution is 2.35. The molecule has 0 unspecified atom stereocenters. The zero-order valence-electron chi connectivity index (χ0n) is 14.1. The maximum Gasteiger partial charge on any atom is 0.274 e. The molecule has 3 aromatic rings. The van der Waals surface area contributed by atoms with Crippen molar-refractivity contribution in [1.29, 1.82) is 5.26 Å². The van der Waals surface area contributed by atoms with E-state index in [1.807, 2.05) is 18.3 Å². The molecule has 1 aliphatic carbocycles. The summed E-state index contributed by atoms with van der Waals surface area (Å²) >= 11 is 0. The molecule has 0 amide bonds. The molecule has 1 aromatic carbocycles. The van der Waals surface area contributed by atoms with Gasteiger partial charge in [0.25, 0.3) is 5.56 Å². The number of hydrogen-bond acceptors (Lipinski definition) is 3. The highest BCUT2D eigenvalue weighted by atomic mass is 16.5. The van der Waals surface area contributed by atoms with Crippen LogP contribution >= 0.6 is 0 Å². The molecule has 2 aromatic heterocycles. The van der Waals surface area contributed by atoms with Crippen molar-refractivity contribution in [3.63, 3.8) is 0 Å². The number of benzene rings is 1. The standard InChI is InChI=1S/C20H19N3O2/c1-25-18-5-4-14(11-21)10-16(18)17-12-23(9-7-13-2-3-13)20(24)19-15(17)6-8-22-19/h4-6,8,10,12-13,22H,2-3,7,9H2,1H3. The molecule has 0 saturated heterocycles. The topological polar surface area (TPSA) is 70.8 Å². The van der Waals surface area contributed by atoms with Crippen LogP contribution in [0.3, 0.4) is 0 Å². The van der Waals surface area contributed by atoms with E-state index >= 15 is 0 Å². The van der Waals surface area contributed by atoms with Crippen molar-refractivity contribution in [1.82, 2.24) is 9.55 Å². The smallest absolute Gasteiger partial charge is 0.274 e. The quantitative estimate of drug-likeness (QED) is 0.774. The fraction of sp³-hybridized carbons (Fsp3) is 0.300. The molecule has 4 rings (SSSR count). The van der Waals surface area contributed by atoms with Crippen molar-refractivity contribution in [2.45, 2.75) is 25.8 Å². The lowest BCUT2D eigenvalue weighted by atomic mass is 10.0. The highest BCUT2D eigenvalue weighted by molar-refractivity contribution is 5.96. The van der Waals surface area contributed by atoms with E-state index in [-0.39, 0.29) is 5.56 Å². The van der Waals surface area contributed by atoms with Gasteiger partial charge in [-0.3, -0.25) is 4.79 Å². The first-order valence-corrected chi connectivity index (χ1v) is 8.50.